The number of aromatic nitrogens is 1. The molecule has 3 heteroatoms. The van der Waals surface area contributed by atoms with Crippen LogP contribution in [0.5, 0.6) is 0 Å². The van der Waals surface area contributed by atoms with Crippen molar-refractivity contribution in [2.24, 2.45) is 0 Å². The molecule has 2 aliphatic rings. The van der Waals surface area contributed by atoms with E-state index in [-0.39, 0.29) is 0 Å². The highest BCUT2D eigenvalue weighted by Gasteiger charge is 2.46. The van der Waals surface area contributed by atoms with Crippen LogP contribution in [0.1, 0.15) is 36.8 Å². The molecule has 1 aromatic heterocycles. The van der Waals surface area contributed by atoms with E-state index in [2.05, 4.69) is 29.0 Å². The van der Waals surface area contributed by atoms with Gasteiger partial charge in [0.1, 0.15) is 0 Å². The van der Waals surface area contributed by atoms with E-state index in [4.69, 9.17) is 0 Å². The number of carboxylic acid groups (broad SMARTS) is 1. The molecule has 0 atom stereocenters. The van der Waals surface area contributed by atoms with E-state index in [1.54, 1.807) is 0 Å². The van der Waals surface area contributed by atoms with Gasteiger partial charge in [0.2, 0.25) is 0 Å². The van der Waals surface area contributed by atoms with Crippen LogP contribution in [0.25, 0.3) is 10.9 Å². The summed E-state index contributed by atoms with van der Waals surface area (Å²) in [5.74, 6) is -0.652. The zero-order valence-electron chi connectivity index (χ0n) is 10.9. The maximum atomic E-state index is 11.7. The number of carbonyl (C=O) groups is 1. The molecule has 1 N–H and O–H groups in total. The first-order valence-electron chi connectivity index (χ1n) is 7.06. The SMILES string of the molecule is O=C(O)C1(c2cc3c4c(ccn4CCC3)c2)CCC1. The van der Waals surface area contributed by atoms with Crippen molar-refractivity contribution in [3.63, 3.8) is 0 Å². The van der Waals surface area contributed by atoms with Crippen molar-refractivity contribution in [2.75, 3.05) is 0 Å². The van der Waals surface area contributed by atoms with Gasteiger partial charge in [-0.3, -0.25) is 4.79 Å². The molecule has 98 valence electrons. The topological polar surface area (TPSA) is 42.2 Å². The van der Waals surface area contributed by atoms with Gasteiger partial charge in [-0.15, -0.1) is 0 Å². The summed E-state index contributed by atoms with van der Waals surface area (Å²) >= 11 is 0. The molecular weight excluding hydrogens is 238 g/mol. The van der Waals surface area contributed by atoms with Gasteiger partial charge in [0, 0.05) is 18.1 Å². The van der Waals surface area contributed by atoms with Gasteiger partial charge >= 0.3 is 5.97 Å². The van der Waals surface area contributed by atoms with Crippen molar-refractivity contribution in [2.45, 2.75) is 44.1 Å². The highest BCUT2D eigenvalue weighted by Crippen LogP contribution is 2.45. The fourth-order valence-electron chi connectivity index (χ4n) is 3.69. The van der Waals surface area contributed by atoms with E-state index < -0.39 is 11.4 Å². The Hall–Kier alpha value is -1.77. The minimum absolute atomic E-state index is 0.607. The number of aryl methyl sites for hydroxylation is 2. The molecule has 0 saturated heterocycles. The van der Waals surface area contributed by atoms with Crippen molar-refractivity contribution >= 4 is 16.9 Å². The van der Waals surface area contributed by atoms with E-state index in [9.17, 15) is 9.90 Å². The van der Waals surface area contributed by atoms with E-state index in [1.165, 1.54) is 16.5 Å². The highest BCUT2D eigenvalue weighted by atomic mass is 16.4. The summed E-state index contributed by atoms with van der Waals surface area (Å²) in [5, 5.41) is 10.8. The zero-order chi connectivity index (χ0) is 13.0. The van der Waals surface area contributed by atoms with Crippen molar-refractivity contribution in [3.8, 4) is 0 Å². The molecule has 1 aliphatic carbocycles. The van der Waals surface area contributed by atoms with Crippen LogP contribution < -0.4 is 0 Å². The summed E-state index contributed by atoms with van der Waals surface area (Å²) in [7, 11) is 0. The number of hydrogen-bond acceptors (Lipinski definition) is 1. The Bertz CT molecular complexity index is 679. The molecule has 1 fully saturated rings. The zero-order valence-corrected chi connectivity index (χ0v) is 10.9. The second-order valence-electron chi connectivity index (χ2n) is 5.93. The summed E-state index contributed by atoms with van der Waals surface area (Å²) < 4.78 is 2.30. The van der Waals surface area contributed by atoms with Gasteiger partial charge < -0.3 is 9.67 Å². The van der Waals surface area contributed by atoms with Crippen LogP contribution in [0.2, 0.25) is 0 Å². The number of aliphatic carboxylic acids is 1. The van der Waals surface area contributed by atoms with Gasteiger partial charge in [-0.05, 0) is 48.9 Å². The molecule has 2 aromatic rings. The Labute approximate surface area is 111 Å². The third kappa shape index (κ3) is 1.36. The Morgan fingerprint density at radius 3 is 2.79 bits per heavy atom. The summed E-state index contributed by atoms with van der Waals surface area (Å²) in [5.41, 5.74) is 3.06. The average Bonchev–Trinajstić information content (AvgIpc) is 2.73. The number of rotatable bonds is 2. The molecule has 1 saturated carbocycles. The van der Waals surface area contributed by atoms with Crippen LogP contribution in [-0.4, -0.2) is 15.6 Å². The number of hydrogen-bond donors (Lipinski definition) is 1. The third-order valence-corrected chi connectivity index (χ3v) is 4.95. The molecule has 2 heterocycles. The molecule has 3 nitrogen and oxygen atoms in total. The van der Waals surface area contributed by atoms with Crippen LogP contribution in [0.15, 0.2) is 24.4 Å². The molecule has 1 aromatic carbocycles. The van der Waals surface area contributed by atoms with Crippen LogP contribution >= 0.6 is 0 Å². The smallest absolute Gasteiger partial charge is 0.314 e. The van der Waals surface area contributed by atoms with Crippen molar-refractivity contribution in [1.29, 1.82) is 0 Å². The molecule has 0 bridgehead atoms. The predicted octanol–water partition coefficient (Wildman–Crippen LogP) is 3.09. The fraction of sp³-hybridized carbons (Fsp3) is 0.438. The minimum atomic E-state index is -0.652. The molecule has 19 heavy (non-hydrogen) atoms. The number of benzene rings is 1. The second kappa shape index (κ2) is 3.62. The first-order valence-corrected chi connectivity index (χ1v) is 7.06. The predicted molar refractivity (Wildman–Crippen MR) is 73.4 cm³/mol. The minimum Gasteiger partial charge on any atom is -0.481 e. The van der Waals surface area contributed by atoms with E-state index in [1.807, 2.05) is 0 Å². The van der Waals surface area contributed by atoms with Crippen LogP contribution in [0.3, 0.4) is 0 Å². The van der Waals surface area contributed by atoms with Gasteiger partial charge in [0.05, 0.1) is 10.9 Å². The van der Waals surface area contributed by atoms with Crippen molar-refractivity contribution < 1.29 is 9.90 Å². The summed E-state index contributed by atoms with van der Waals surface area (Å²) in [6, 6.07) is 6.39. The van der Waals surface area contributed by atoms with Crippen molar-refractivity contribution in [3.05, 3.63) is 35.5 Å². The third-order valence-electron chi connectivity index (χ3n) is 4.95. The maximum Gasteiger partial charge on any atom is 0.314 e. The summed E-state index contributed by atoms with van der Waals surface area (Å²) in [6.07, 6.45) is 6.96. The van der Waals surface area contributed by atoms with Crippen LogP contribution in [-0.2, 0) is 23.2 Å². The van der Waals surface area contributed by atoms with Gasteiger partial charge in [0.15, 0.2) is 0 Å². The molecule has 0 unspecified atom stereocenters. The Morgan fingerprint density at radius 2 is 2.11 bits per heavy atom. The first-order chi connectivity index (χ1) is 9.21. The summed E-state index contributed by atoms with van der Waals surface area (Å²) in [4.78, 5) is 11.7. The molecule has 1 aliphatic heterocycles. The van der Waals surface area contributed by atoms with E-state index in [0.717, 1.165) is 44.2 Å². The van der Waals surface area contributed by atoms with Crippen molar-refractivity contribution in [1.82, 2.24) is 4.57 Å². The molecular formula is C16H17NO2. The normalized spacial score (nSPS) is 20.2. The second-order valence-corrected chi connectivity index (χ2v) is 5.93. The summed E-state index contributed by atoms with van der Waals surface area (Å²) in [6.45, 7) is 1.08. The van der Waals surface area contributed by atoms with Gasteiger partial charge in [0.25, 0.3) is 0 Å². The lowest BCUT2D eigenvalue weighted by Gasteiger charge is -2.38. The maximum absolute atomic E-state index is 11.7. The average molecular weight is 255 g/mol. The van der Waals surface area contributed by atoms with Crippen LogP contribution in [0.4, 0.5) is 0 Å². The largest absolute Gasteiger partial charge is 0.481 e. The molecule has 0 radical (unpaired) electrons. The lowest BCUT2D eigenvalue weighted by molar-refractivity contribution is -0.147. The fourth-order valence-corrected chi connectivity index (χ4v) is 3.69. The van der Waals surface area contributed by atoms with Gasteiger partial charge in [-0.25, -0.2) is 0 Å². The Kier molecular flexibility index (Phi) is 2.12. The van der Waals surface area contributed by atoms with E-state index >= 15 is 0 Å². The quantitative estimate of drug-likeness (QED) is 0.896. The molecule has 0 amide bonds. The number of carboxylic acids is 1. The number of nitrogens with zero attached hydrogens (tertiary/aromatic N) is 1. The molecule has 0 spiro atoms. The van der Waals surface area contributed by atoms with Gasteiger partial charge in [-0.2, -0.15) is 0 Å². The standard InChI is InChI=1S/C16H17NO2/c18-15(19)16(5-2-6-16)13-9-11-3-1-7-17-8-4-12(10-13)14(11)17/h4,8-10H,1-3,5-7H2,(H,18,19). The monoisotopic (exact) mass is 255 g/mol. The Balaban J connectivity index is 1.95. The van der Waals surface area contributed by atoms with Crippen LogP contribution in [0, 0.1) is 0 Å². The highest BCUT2D eigenvalue weighted by molar-refractivity contribution is 5.89. The lowest BCUT2D eigenvalue weighted by atomic mass is 9.64. The first kappa shape index (κ1) is 11.1. The molecule has 4 rings (SSSR count). The Morgan fingerprint density at radius 1 is 1.26 bits per heavy atom. The lowest BCUT2D eigenvalue weighted by Crippen LogP contribution is -2.42. The van der Waals surface area contributed by atoms with Gasteiger partial charge in [-0.1, -0.05) is 12.5 Å². The van der Waals surface area contributed by atoms with E-state index in [0.29, 0.717) is 0 Å².